The predicted octanol–water partition coefficient (Wildman–Crippen LogP) is 5.04. The lowest BCUT2D eigenvalue weighted by Crippen LogP contribution is -2.54. The predicted molar refractivity (Wildman–Crippen MR) is 141 cm³/mol. The smallest absolute Gasteiger partial charge is 0.335 e. The van der Waals surface area contributed by atoms with E-state index in [1.54, 1.807) is 24.3 Å². The number of rotatable bonds is 7. The van der Waals surface area contributed by atoms with Crippen molar-refractivity contribution in [3.05, 3.63) is 96.0 Å². The summed E-state index contributed by atoms with van der Waals surface area (Å²) in [5.41, 5.74) is 0.0116. The van der Waals surface area contributed by atoms with Gasteiger partial charge in [0.25, 0.3) is 17.5 Å². The van der Waals surface area contributed by atoms with E-state index in [2.05, 4.69) is 21.2 Å². The monoisotopic (exact) mass is 596 g/mol. The molecule has 0 radical (unpaired) electrons. The summed E-state index contributed by atoms with van der Waals surface area (Å²) in [5.74, 6) is -1.98. The maximum atomic E-state index is 13.2. The summed E-state index contributed by atoms with van der Waals surface area (Å²) in [7, 11) is 1.30. The Kier molecular flexibility index (Phi) is 7.40. The van der Waals surface area contributed by atoms with Crippen LogP contribution >= 0.6 is 15.9 Å². The second-order valence-electron chi connectivity index (χ2n) is 8.10. The number of benzene rings is 3. The molecule has 4 amide bonds. The zero-order valence-corrected chi connectivity index (χ0v) is 21.8. The second kappa shape index (κ2) is 10.7. The zero-order valence-electron chi connectivity index (χ0n) is 20.2. The Morgan fingerprint density at radius 2 is 1.64 bits per heavy atom. The van der Waals surface area contributed by atoms with Crippen molar-refractivity contribution in [1.29, 1.82) is 0 Å². The first-order valence-electron chi connectivity index (χ1n) is 11.0. The summed E-state index contributed by atoms with van der Waals surface area (Å²) in [6.45, 7) is 1.84. The third-order valence-electron chi connectivity index (χ3n) is 5.52. The van der Waals surface area contributed by atoms with E-state index >= 15 is 0 Å². The average molecular weight is 597 g/mol. The molecule has 0 bridgehead atoms. The number of nitrogens with one attached hydrogen (secondary N) is 1. The average Bonchev–Trinajstić information content (AvgIpc) is 2.88. The molecular formula is C25H17BrN4O9. The minimum Gasteiger partial charge on any atom is -0.493 e. The molecular weight excluding hydrogens is 580 g/mol. The van der Waals surface area contributed by atoms with Crippen molar-refractivity contribution in [2.24, 2.45) is 0 Å². The molecule has 1 heterocycles. The van der Waals surface area contributed by atoms with Crippen LogP contribution in [0.1, 0.15) is 11.1 Å². The lowest BCUT2D eigenvalue weighted by atomic mass is 10.1. The molecule has 0 saturated carbocycles. The molecule has 1 fully saturated rings. The normalized spacial score (nSPS) is 14.3. The van der Waals surface area contributed by atoms with Crippen LogP contribution in [0.5, 0.6) is 17.2 Å². The number of nitro benzene ring substituents is 2. The number of methoxy groups -OCH3 is 1. The fourth-order valence-electron chi connectivity index (χ4n) is 3.63. The van der Waals surface area contributed by atoms with Crippen molar-refractivity contribution in [3.8, 4) is 17.2 Å². The van der Waals surface area contributed by atoms with Gasteiger partial charge in [-0.1, -0.05) is 17.7 Å². The van der Waals surface area contributed by atoms with Gasteiger partial charge in [0.15, 0.2) is 11.5 Å². The van der Waals surface area contributed by atoms with Crippen LogP contribution in [-0.2, 0) is 9.59 Å². The van der Waals surface area contributed by atoms with Crippen molar-refractivity contribution >= 4 is 56.9 Å². The van der Waals surface area contributed by atoms with Gasteiger partial charge in [-0.3, -0.25) is 35.1 Å². The first-order chi connectivity index (χ1) is 18.5. The number of carbonyl (C=O) groups excluding carboxylic acids is 3. The molecule has 13 nitrogen and oxygen atoms in total. The molecule has 3 aromatic rings. The van der Waals surface area contributed by atoms with E-state index in [4.69, 9.17) is 9.47 Å². The fraction of sp³-hybridized carbons (Fsp3) is 0.0800. The number of hydrogen-bond acceptors (Lipinski definition) is 9. The Hall–Kier alpha value is -5.11. The van der Waals surface area contributed by atoms with E-state index in [0.29, 0.717) is 5.56 Å². The van der Waals surface area contributed by atoms with Gasteiger partial charge in [-0.15, -0.1) is 0 Å². The maximum Gasteiger partial charge on any atom is 0.335 e. The van der Waals surface area contributed by atoms with Gasteiger partial charge in [0.05, 0.1) is 33.2 Å². The highest BCUT2D eigenvalue weighted by atomic mass is 79.9. The Bertz CT molecular complexity index is 1590. The molecule has 3 aromatic carbocycles. The fourth-order valence-corrected chi connectivity index (χ4v) is 4.17. The number of halogens is 1. The van der Waals surface area contributed by atoms with Crippen LogP contribution in [0, 0.1) is 27.2 Å². The third-order valence-corrected chi connectivity index (χ3v) is 6.11. The van der Waals surface area contributed by atoms with E-state index in [9.17, 15) is 34.6 Å². The van der Waals surface area contributed by atoms with Gasteiger partial charge in [-0.2, -0.15) is 0 Å². The van der Waals surface area contributed by atoms with Gasteiger partial charge in [0, 0.05) is 6.07 Å². The summed E-state index contributed by atoms with van der Waals surface area (Å²) < 4.78 is 11.3. The number of amides is 4. The van der Waals surface area contributed by atoms with Crippen molar-refractivity contribution in [3.63, 3.8) is 0 Å². The van der Waals surface area contributed by atoms with Crippen molar-refractivity contribution in [2.75, 3.05) is 12.0 Å². The van der Waals surface area contributed by atoms with Crippen LogP contribution < -0.4 is 19.7 Å². The molecule has 0 aliphatic carbocycles. The molecule has 0 atom stereocenters. The topological polar surface area (TPSA) is 171 Å². The third kappa shape index (κ3) is 5.45. The first kappa shape index (κ1) is 26.9. The number of non-ortho nitro benzene ring substituents is 1. The van der Waals surface area contributed by atoms with Crippen LogP contribution in [0.25, 0.3) is 6.08 Å². The molecule has 1 aliphatic heterocycles. The van der Waals surface area contributed by atoms with Crippen molar-refractivity contribution in [1.82, 2.24) is 5.32 Å². The van der Waals surface area contributed by atoms with Gasteiger partial charge in [0.2, 0.25) is 5.75 Å². The number of urea groups is 1. The molecule has 0 aromatic heterocycles. The van der Waals surface area contributed by atoms with E-state index in [-0.39, 0.29) is 33.0 Å². The molecule has 1 N–H and O–H groups in total. The number of barbiturate groups is 1. The van der Waals surface area contributed by atoms with Gasteiger partial charge < -0.3 is 9.47 Å². The molecule has 0 unspecified atom stereocenters. The highest BCUT2D eigenvalue weighted by molar-refractivity contribution is 9.10. The number of nitro groups is 2. The lowest BCUT2D eigenvalue weighted by molar-refractivity contribution is -0.394. The number of ether oxygens (including phenoxy) is 2. The first-order valence-corrected chi connectivity index (χ1v) is 11.8. The van der Waals surface area contributed by atoms with Crippen LogP contribution in [0.15, 0.2) is 64.6 Å². The molecule has 39 heavy (non-hydrogen) atoms. The molecule has 14 heteroatoms. The van der Waals surface area contributed by atoms with Crippen LogP contribution in [0.3, 0.4) is 0 Å². The number of anilines is 1. The molecule has 0 spiro atoms. The van der Waals surface area contributed by atoms with Gasteiger partial charge in [-0.05, 0) is 64.8 Å². The Labute approximate surface area is 228 Å². The summed E-state index contributed by atoms with van der Waals surface area (Å²) in [6, 6.07) is 11.4. The minimum atomic E-state index is -0.898. The number of hydrogen-bond donors (Lipinski definition) is 1. The standard InChI is InChI=1S/C25H17BrN4O9/c1-13-3-5-15(6-4-13)28-24(32)17(23(31)27-25(28)33)9-14-10-18(26)22(21(11-14)38-2)39-20-8-7-16(29(34)35)12-19(20)30(36)37/h3-12H,1-2H3,(H,27,31,33)/b17-9+. The Morgan fingerprint density at radius 3 is 2.26 bits per heavy atom. The zero-order chi connectivity index (χ0) is 28.4. The lowest BCUT2D eigenvalue weighted by Gasteiger charge is -2.26. The quantitative estimate of drug-likeness (QED) is 0.170. The summed E-state index contributed by atoms with van der Waals surface area (Å²) in [6.07, 6.45) is 1.25. The van der Waals surface area contributed by atoms with Crippen molar-refractivity contribution in [2.45, 2.75) is 6.92 Å². The SMILES string of the molecule is COc1cc(/C=C2\C(=O)NC(=O)N(c3ccc(C)cc3)C2=O)cc(Br)c1Oc1ccc([N+](=O)[O-])cc1[N+](=O)[O-]. The van der Waals surface area contributed by atoms with Gasteiger partial charge in [-0.25, -0.2) is 9.69 Å². The van der Waals surface area contributed by atoms with E-state index < -0.39 is 39.1 Å². The Morgan fingerprint density at radius 1 is 0.949 bits per heavy atom. The number of imide groups is 2. The van der Waals surface area contributed by atoms with E-state index in [0.717, 1.165) is 28.7 Å². The van der Waals surface area contributed by atoms with E-state index in [1.807, 2.05) is 6.92 Å². The summed E-state index contributed by atoms with van der Waals surface area (Å²) in [5, 5.41) is 24.6. The summed E-state index contributed by atoms with van der Waals surface area (Å²) >= 11 is 3.29. The van der Waals surface area contributed by atoms with Crippen LogP contribution in [0.4, 0.5) is 21.9 Å². The van der Waals surface area contributed by atoms with E-state index in [1.165, 1.54) is 25.3 Å². The largest absolute Gasteiger partial charge is 0.493 e. The van der Waals surface area contributed by atoms with Crippen LogP contribution in [0.2, 0.25) is 0 Å². The van der Waals surface area contributed by atoms with Crippen molar-refractivity contribution < 1.29 is 33.7 Å². The molecule has 1 aliphatic rings. The number of carbonyl (C=O) groups is 3. The molecule has 1 saturated heterocycles. The summed E-state index contributed by atoms with van der Waals surface area (Å²) in [4.78, 5) is 59.9. The minimum absolute atomic E-state index is 0.00696. The van der Waals surface area contributed by atoms with Gasteiger partial charge >= 0.3 is 11.7 Å². The highest BCUT2D eigenvalue weighted by Gasteiger charge is 2.37. The molecule has 4 rings (SSSR count). The van der Waals surface area contributed by atoms with Gasteiger partial charge in [0.1, 0.15) is 5.57 Å². The number of aryl methyl sites for hydroxylation is 1. The highest BCUT2D eigenvalue weighted by Crippen LogP contribution is 2.43. The number of nitrogens with zero attached hydrogens (tertiary/aromatic N) is 3. The Balaban J connectivity index is 1.71. The molecule has 198 valence electrons. The maximum absolute atomic E-state index is 13.2. The van der Waals surface area contributed by atoms with Crippen LogP contribution in [-0.4, -0.2) is 34.8 Å². The second-order valence-corrected chi connectivity index (χ2v) is 8.95.